The lowest BCUT2D eigenvalue weighted by Crippen LogP contribution is -2.25. The Morgan fingerprint density at radius 3 is 2.65 bits per heavy atom. The molecule has 0 spiro atoms. The second kappa shape index (κ2) is 13.0. The number of allylic oxidation sites excluding steroid dienone is 1. The molecular formula is C20H34O6. The molecule has 5 atom stereocenters. The predicted molar refractivity (Wildman–Crippen MR) is 99.8 cm³/mol. The van der Waals surface area contributed by atoms with Crippen LogP contribution in [-0.2, 0) is 9.53 Å². The molecule has 0 unspecified atom stereocenters. The quantitative estimate of drug-likeness (QED) is 0.293. The molecule has 0 saturated carbocycles. The number of rotatable bonds is 13. The molecule has 26 heavy (non-hydrogen) atoms. The monoisotopic (exact) mass is 370 g/mol. The van der Waals surface area contributed by atoms with Gasteiger partial charge in [0.1, 0.15) is 0 Å². The van der Waals surface area contributed by atoms with Gasteiger partial charge in [-0.05, 0) is 25.7 Å². The van der Waals surface area contributed by atoms with Crippen LogP contribution in [0.1, 0.15) is 64.7 Å². The van der Waals surface area contributed by atoms with Crippen molar-refractivity contribution in [1.29, 1.82) is 0 Å². The maximum absolute atomic E-state index is 10.4. The van der Waals surface area contributed by atoms with Crippen LogP contribution >= 0.6 is 0 Å². The molecule has 0 radical (unpaired) electrons. The van der Waals surface area contributed by atoms with Gasteiger partial charge in [-0.1, -0.05) is 50.5 Å². The topological polar surface area (TPSA) is 107 Å². The van der Waals surface area contributed by atoms with Crippen molar-refractivity contribution in [2.24, 2.45) is 0 Å². The van der Waals surface area contributed by atoms with E-state index in [0.29, 0.717) is 25.7 Å². The van der Waals surface area contributed by atoms with Gasteiger partial charge in [-0.3, -0.25) is 4.79 Å². The van der Waals surface area contributed by atoms with Crippen molar-refractivity contribution >= 4 is 5.97 Å². The molecule has 1 heterocycles. The van der Waals surface area contributed by atoms with Crippen molar-refractivity contribution in [3.63, 3.8) is 0 Å². The summed E-state index contributed by atoms with van der Waals surface area (Å²) in [5, 5.41) is 38.7. The lowest BCUT2D eigenvalue weighted by atomic mass is 10.0. The first-order valence-corrected chi connectivity index (χ1v) is 9.68. The SMILES string of the molecule is CCCCC[C@H]1O[C@H]([C@H](O)/C=C\[C@H](O)C/C=C\CCCC(=O)O)C[C@@H]1O. The van der Waals surface area contributed by atoms with E-state index in [-0.39, 0.29) is 12.5 Å². The van der Waals surface area contributed by atoms with E-state index < -0.39 is 30.4 Å². The minimum absolute atomic E-state index is 0.145. The third-order valence-electron chi connectivity index (χ3n) is 4.56. The van der Waals surface area contributed by atoms with E-state index in [9.17, 15) is 20.1 Å². The van der Waals surface area contributed by atoms with E-state index in [2.05, 4.69) is 6.92 Å². The number of carbonyl (C=O) groups is 1. The molecule has 1 aliphatic heterocycles. The Labute approximate surface area is 156 Å². The highest BCUT2D eigenvalue weighted by Gasteiger charge is 2.36. The standard InChI is InChI=1S/C20H34O6/c1-2-3-6-10-18-17(23)14-19(26-18)16(22)13-12-15(21)9-7-4-5-8-11-20(24)25/h4,7,12-13,15-19,21-23H,2-3,5-6,8-11,14H2,1H3,(H,24,25)/b7-4-,13-12-/t15-,16-,17+,18-,19+/m1/s1. The molecule has 1 aliphatic rings. The summed E-state index contributed by atoms with van der Waals surface area (Å²) in [6.07, 6.45) is 10.2. The molecule has 150 valence electrons. The number of carboxylic acids is 1. The summed E-state index contributed by atoms with van der Waals surface area (Å²) in [5.41, 5.74) is 0. The third kappa shape index (κ3) is 9.48. The lowest BCUT2D eigenvalue weighted by molar-refractivity contribution is -0.137. The van der Waals surface area contributed by atoms with Gasteiger partial charge in [-0.2, -0.15) is 0 Å². The fourth-order valence-corrected chi connectivity index (χ4v) is 3.01. The fourth-order valence-electron chi connectivity index (χ4n) is 3.01. The number of aliphatic hydroxyl groups excluding tert-OH is 3. The van der Waals surface area contributed by atoms with Crippen molar-refractivity contribution in [3.8, 4) is 0 Å². The van der Waals surface area contributed by atoms with Gasteiger partial charge in [0.15, 0.2) is 0 Å². The molecule has 6 heteroatoms. The first-order chi connectivity index (χ1) is 12.4. The van der Waals surface area contributed by atoms with Crippen LogP contribution in [0.3, 0.4) is 0 Å². The van der Waals surface area contributed by atoms with E-state index in [1.54, 1.807) is 0 Å². The normalized spacial score (nSPS) is 25.9. The Bertz CT molecular complexity index is 448. The van der Waals surface area contributed by atoms with Gasteiger partial charge in [0.05, 0.1) is 30.5 Å². The summed E-state index contributed by atoms with van der Waals surface area (Å²) < 4.78 is 5.76. The molecule has 6 nitrogen and oxygen atoms in total. The van der Waals surface area contributed by atoms with Crippen molar-refractivity contribution in [2.75, 3.05) is 0 Å². The molecule has 0 amide bonds. The van der Waals surface area contributed by atoms with Crippen LogP contribution in [0.2, 0.25) is 0 Å². The molecule has 0 aromatic heterocycles. The third-order valence-corrected chi connectivity index (χ3v) is 4.56. The largest absolute Gasteiger partial charge is 0.481 e. The summed E-state index contributed by atoms with van der Waals surface area (Å²) in [6.45, 7) is 2.12. The van der Waals surface area contributed by atoms with E-state index in [4.69, 9.17) is 9.84 Å². The molecule has 1 rings (SSSR count). The van der Waals surface area contributed by atoms with Crippen molar-refractivity contribution in [2.45, 2.75) is 95.2 Å². The van der Waals surface area contributed by atoms with Crippen LogP contribution < -0.4 is 0 Å². The Morgan fingerprint density at radius 1 is 1.19 bits per heavy atom. The molecule has 0 aliphatic carbocycles. The number of aliphatic carboxylic acids is 1. The van der Waals surface area contributed by atoms with E-state index in [0.717, 1.165) is 25.7 Å². The Morgan fingerprint density at radius 2 is 1.96 bits per heavy atom. The Hall–Kier alpha value is -1.21. The van der Waals surface area contributed by atoms with Gasteiger partial charge in [-0.15, -0.1) is 0 Å². The summed E-state index contributed by atoms with van der Waals surface area (Å²) >= 11 is 0. The van der Waals surface area contributed by atoms with Crippen LogP contribution in [0.25, 0.3) is 0 Å². The zero-order valence-electron chi connectivity index (χ0n) is 15.7. The van der Waals surface area contributed by atoms with Gasteiger partial charge in [0, 0.05) is 12.8 Å². The van der Waals surface area contributed by atoms with E-state index >= 15 is 0 Å². The lowest BCUT2D eigenvalue weighted by Gasteiger charge is -2.17. The summed E-state index contributed by atoms with van der Waals surface area (Å²) in [7, 11) is 0. The maximum Gasteiger partial charge on any atom is 0.303 e. The highest BCUT2D eigenvalue weighted by Crippen LogP contribution is 2.27. The first-order valence-electron chi connectivity index (χ1n) is 9.68. The zero-order valence-corrected chi connectivity index (χ0v) is 15.7. The molecule has 0 aromatic rings. The van der Waals surface area contributed by atoms with E-state index in [1.807, 2.05) is 12.2 Å². The summed E-state index contributed by atoms with van der Waals surface area (Å²) in [5.74, 6) is -0.804. The van der Waals surface area contributed by atoms with Crippen LogP contribution in [0.15, 0.2) is 24.3 Å². The van der Waals surface area contributed by atoms with Gasteiger partial charge < -0.3 is 25.2 Å². The van der Waals surface area contributed by atoms with Crippen LogP contribution in [-0.4, -0.2) is 56.9 Å². The number of hydrogen-bond donors (Lipinski definition) is 4. The average Bonchev–Trinajstić information content (AvgIpc) is 2.97. The molecule has 0 bridgehead atoms. The zero-order chi connectivity index (χ0) is 19.4. The predicted octanol–water partition coefficient (Wildman–Crippen LogP) is 2.56. The van der Waals surface area contributed by atoms with Crippen LogP contribution in [0.5, 0.6) is 0 Å². The second-order valence-corrected chi connectivity index (χ2v) is 6.95. The summed E-state index contributed by atoms with van der Waals surface area (Å²) in [4.78, 5) is 10.4. The first kappa shape index (κ1) is 22.8. The Balaban J connectivity index is 2.27. The second-order valence-electron chi connectivity index (χ2n) is 6.95. The van der Waals surface area contributed by atoms with Crippen LogP contribution in [0, 0.1) is 0 Å². The Kier molecular flexibility index (Phi) is 11.4. The van der Waals surface area contributed by atoms with Crippen LogP contribution in [0.4, 0.5) is 0 Å². The van der Waals surface area contributed by atoms with Gasteiger partial charge in [0.25, 0.3) is 0 Å². The minimum atomic E-state index is -0.852. The number of aliphatic hydroxyl groups is 3. The highest BCUT2D eigenvalue weighted by molar-refractivity contribution is 5.66. The maximum atomic E-state index is 10.4. The van der Waals surface area contributed by atoms with Gasteiger partial charge in [-0.25, -0.2) is 0 Å². The average molecular weight is 370 g/mol. The number of unbranched alkanes of at least 4 members (excludes halogenated alkanes) is 3. The van der Waals surface area contributed by atoms with Crippen molar-refractivity contribution in [3.05, 3.63) is 24.3 Å². The van der Waals surface area contributed by atoms with Gasteiger partial charge >= 0.3 is 5.97 Å². The van der Waals surface area contributed by atoms with Crippen molar-refractivity contribution < 1.29 is 30.0 Å². The molecule has 0 aromatic carbocycles. The number of ether oxygens (including phenoxy) is 1. The van der Waals surface area contributed by atoms with E-state index in [1.165, 1.54) is 12.2 Å². The number of hydrogen-bond acceptors (Lipinski definition) is 5. The van der Waals surface area contributed by atoms with Crippen molar-refractivity contribution in [1.82, 2.24) is 0 Å². The molecule has 4 N–H and O–H groups in total. The molecular weight excluding hydrogens is 336 g/mol. The highest BCUT2D eigenvalue weighted by atomic mass is 16.5. The smallest absolute Gasteiger partial charge is 0.303 e. The fraction of sp³-hybridized carbons (Fsp3) is 0.750. The minimum Gasteiger partial charge on any atom is -0.481 e. The van der Waals surface area contributed by atoms with Gasteiger partial charge in [0.2, 0.25) is 0 Å². The summed E-state index contributed by atoms with van der Waals surface area (Å²) in [6, 6.07) is 0. The molecule has 1 saturated heterocycles. The number of carboxylic acid groups (broad SMARTS) is 1. The molecule has 1 fully saturated rings.